The van der Waals surface area contributed by atoms with Crippen molar-refractivity contribution in [2.24, 2.45) is 11.8 Å². The highest BCUT2D eigenvalue weighted by Crippen LogP contribution is 2.53. The SMILES string of the molecule is Cc1cc(C)cc(N2C[C@]34C=C[C@H](O3)[C@H](C(=O)O[C@H](C(=O)NC3CCCC3)c3cccnc3)[C@@H]4C2=O)c1. The van der Waals surface area contributed by atoms with Crippen LogP contribution in [-0.2, 0) is 23.9 Å². The number of rotatable bonds is 6. The molecule has 1 aliphatic carbocycles. The second kappa shape index (κ2) is 9.10. The van der Waals surface area contributed by atoms with Crippen molar-refractivity contribution >= 4 is 23.5 Å². The molecule has 1 aromatic heterocycles. The van der Waals surface area contributed by atoms with Crippen molar-refractivity contribution in [3.8, 4) is 0 Å². The summed E-state index contributed by atoms with van der Waals surface area (Å²) in [6, 6.07) is 9.50. The van der Waals surface area contributed by atoms with Crippen LogP contribution >= 0.6 is 0 Å². The molecule has 4 aliphatic rings. The molecule has 6 rings (SSSR count). The molecule has 1 spiro atoms. The van der Waals surface area contributed by atoms with E-state index in [0.29, 0.717) is 12.1 Å². The van der Waals surface area contributed by atoms with Crippen molar-refractivity contribution in [3.63, 3.8) is 0 Å². The molecule has 1 aromatic carbocycles. The Labute approximate surface area is 216 Å². The normalized spacial score (nSPS) is 29.0. The number of esters is 1. The maximum absolute atomic E-state index is 13.7. The minimum Gasteiger partial charge on any atom is -0.447 e. The third-order valence-electron chi connectivity index (χ3n) is 8.05. The number of carbonyl (C=O) groups is 3. The molecular formula is C29H31N3O5. The van der Waals surface area contributed by atoms with Crippen LogP contribution in [0.5, 0.6) is 0 Å². The number of nitrogens with zero attached hydrogens (tertiary/aromatic N) is 2. The van der Waals surface area contributed by atoms with Crippen molar-refractivity contribution < 1.29 is 23.9 Å². The van der Waals surface area contributed by atoms with Gasteiger partial charge in [-0.15, -0.1) is 0 Å². The first-order valence-corrected chi connectivity index (χ1v) is 13.0. The van der Waals surface area contributed by atoms with E-state index in [-0.39, 0.29) is 17.9 Å². The summed E-state index contributed by atoms with van der Waals surface area (Å²) >= 11 is 0. The number of amides is 2. The van der Waals surface area contributed by atoms with Crippen LogP contribution in [0.25, 0.3) is 0 Å². The first-order chi connectivity index (χ1) is 17.8. The van der Waals surface area contributed by atoms with Crippen LogP contribution in [0.4, 0.5) is 5.69 Å². The number of benzene rings is 1. The van der Waals surface area contributed by atoms with Crippen molar-refractivity contribution in [1.29, 1.82) is 0 Å². The molecule has 192 valence electrons. The first kappa shape index (κ1) is 23.9. The van der Waals surface area contributed by atoms with Gasteiger partial charge in [0.05, 0.1) is 18.6 Å². The number of hydrogen-bond acceptors (Lipinski definition) is 6. The molecule has 37 heavy (non-hydrogen) atoms. The van der Waals surface area contributed by atoms with Crippen molar-refractivity contribution in [1.82, 2.24) is 10.3 Å². The Morgan fingerprint density at radius 2 is 1.95 bits per heavy atom. The maximum Gasteiger partial charge on any atom is 0.314 e. The van der Waals surface area contributed by atoms with Crippen LogP contribution in [0.15, 0.2) is 54.9 Å². The Balaban J connectivity index is 1.26. The van der Waals surface area contributed by atoms with Gasteiger partial charge in [0, 0.05) is 29.7 Å². The molecule has 0 unspecified atom stereocenters. The Kier molecular flexibility index (Phi) is 5.87. The zero-order chi connectivity index (χ0) is 25.7. The second-order valence-electron chi connectivity index (χ2n) is 10.8. The predicted molar refractivity (Wildman–Crippen MR) is 135 cm³/mol. The van der Waals surface area contributed by atoms with Gasteiger partial charge in [0.1, 0.15) is 11.5 Å². The maximum atomic E-state index is 13.7. The molecule has 8 heteroatoms. The molecule has 3 aliphatic heterocycles. The van der Waals surface area contributed by atoms with Gasteiger partial charge < -0.3 is 19.7 Å². The predicted octanol–water partition coefficient (Wildman–Crippen LogP) is 3.33. The van der Waals surface area contributed by atoms with Gasteiger partial charge in [0.15, 0.2) is 0 Å². The Hall–Kier alpha value is -3.52. The molecule has 2 saturated heterocycles. The average molecular weight is 502 g/mol. The van der Waals surface area contributed by atoms with Gasteiger partial charge in [-0.1, -0.05) is 37.1 Å². The summed E-state index contributed by atoms with van der Waals surface area (Å²) in [6.07, 6.45) is 9.16. The highest BCUT2D eigenvalue weighted by atomic mass is 16.6. The lowest BCUT2D eigenvalue weighted by Gasteiger charge is -2.26. The topological polar surface area (TPSA) is 97.8 Å². The lowest BCUT2D eigenvalue weighted by atomic mass is 9.77. The molecule has 1 N–H and O–H groups in total. The number of aromatic nitrogens is 1. The Morgan fingerprint density at radius 1 is 1.19 bits per heavy atom. The van der Waals surface area contributed by atoms with Gasteiger partial charge in [-0.25, -0.2) is 0 Å². The minimum absolute atomic E-state index is 0.0742. The number of anilines is 1. The van der Waals surface area contributed by atoms with E-state index in [2.05, 4.69) is 16.4 Å². The number of ether oxygens (including phenoxy) is 2. The summed E-state index contributed by atoms with van der Waals surface area (Å²) in [7, 11) is 0. The molecule has 2 amide bonds. The first-order valence-electron chi connectivity index (χ1n) is 13.0. The fourth-order valence-electron chi connectivity index (χ4n) is 6.44. The van der Waals surface area contributed by atoms with Gasteiger partial charge in [0.25, 0.3) is 5.91 Å². The van der Waals surface area contributed by atoms with Crippen molar-refractivity contribution in [2.75, 3.05) is 11.4 Å². The van der Waals surface area contributed by atoms with Gasteiger partial charge in [-0.3, -0.25) is 19.4 Å². The number of nitrogens with one attached hydrogen (secondary N) is 1. The highest BCUT2D eigenvalue weighted by Gasteiger charge is 2.67. The van der Waals surface area contributed by atoms with E-state index in [0.717, 1.165) is 42.5 Å². The zero-order valence-electron chi connectivity index (χ0n) is 21.1. The number of carbonyl (C=O) groups excluding carboxylic acids is 3. The van der Waals surface area contributed by atoms with Gasteiger partial charge in [-0.2, -0.15) is 0 Å². The molecule has 2 aromatic rings. The van der Waals surface area contributed by atoms with Crippen LogP contribution in [0.1, 0.15) is 48.5 Å². The third kappa shape index (κ3) is 4.13. The number of pyridine rings is 1. The zero-order valence-corrected chi connectivity index (χ0v) is 21.1. The van der Waals surface area contributed by atoms with E-state index in [1.165, 1.54) is 6.20 Å². The largest absolute Gasteiger partial charge is 0.447 e. The summed E-state index contributed by atoms with van der Waals surface area (Å²) in [5, 5.41) is 3.04. The monoisotopic (exact) mass is 501 g/mol. The molecule has 0 radical (unpaired) electrons. The lowest BCUT2D eigenvalue weighted by Crippen LogP contribution is -2.43. The number of fused-ring (bicyclic) bond motifs is 1. The average Bonchev–Trinajstić information content (AvgIpc) is 3.65. The summed E-state index contributed by atoms with van der Waals surface area (Å²) < 4.78 is 12.2. The minimum atomic E-state index is -1.15. The lowest BCUT2D eigenvalue weighted by molar-refractivity contribution is -0.163. The highest BCUT2D eigenvalue weighted by molar-refractivity contribution is 6.03. The molecule has 5 atom stereocenters. The summed E-state index contributed by atoms with van der Waals surface area (Å²) in [6.45, 7) is 4.32. The van der Waals surface area contributed by atoms with Gasteiger partial charge in [0.2, 0.25) is 12.0 Å². The van der Waals surface area contributed by atoms with E-state index in [1.54, 1.807) is 23.2 Å². The Bertz CT molecular complexity index is 1250. The molecular weight excluding hydrogens is 470 g/mol. The fraction of sp³-hybridized carbons (Fsp3) is 0.448. The number of hydrogen-bond donors (Lipinski definition) is 1. The standard InChI is InChI=1S/C29H31N3O5/c1-17-12-18(2)14-21(13-17)32-16-29-10-9-22(37-29)23(24(29)27(32)34)28(35)36-25(19-6-5-11-30-15-19)26(33)31-20-7-3-4-8-20/h5-6,9-15,20,22-25H,3-4,7-8,16H2,1-2H3,(H,31,33)/t22-,23-,24+,25-,29-/m0/s1. The fourth-order valence-corrected chi connectivity index (χ4v) is 6.44. The molecule has 8 nitrogen and oxygen atoms in total. The molecule has 2 bridgehead atoms. The van der Waals surface area contributed by atoms with E-state index < -0.39 is 35.6 Å². The summed E-state index contributed by atoms with van der Waals surface area (Å²) in [4.78, 5) is 46.5. The second-order valence-corrected chi connectivity index (χ2v) is 10.8. The smallest absolute Gasteiger partial charge is 0.314 e. The van der Waals surface area contributed by atoms with Crippen LogP contribution in [0, 0.1) is 25.7 Å². The molecule has 4 heterocycles. The van der Waals surface area contributed by atoms with Crippen LogP contribution < -0.4 is 10.2 Å². The number of aryl methyl sites for hydroxylation is 2. The quantitative estimate of drug-likeness (QED) is 0.482. The van der Waals surface area contributed by atoms with Crippen molar-refractivity contribution in [3.05, 3.63) is 71.6 Å². The van der Waals surface area contributed by atoms with Crippen LogP contribution in [-0.4, -0.2) is 47.1 Å². The van der Waals surface area contributed by atoms with E-state index >= 15 is 0 Å². The van der Waals surface area contributed by atoms with E-state index in [4.69, 9.17) is 9.47 Å². The van der Waals surface area contributed by atoms with Crippen molar-refractivity contribution in [2.45, 2.75) is 63.4 Å². The Morgan fingerprint density at radius 3 is 2.65 bits per heavy atom. The summed E-state index contributed by atoms with van der Waals surface area (Å²) in [5.41, 5.74) is 2.53. The van der Waals surface area contributed by atoms with E-state index in [9.17, 15) is 14.4 Å². The van der Waals surface area contributed by atoms with Crippen LogP contribution in [0.2, 0.25) is 0 Å². The molecule has 3 fully saturated rings. The van der Waals surface area contributed by atoms with E-state index in [1.807, 2.05) is 38.1 Å². The third-order valence-corrected chi connectivity index (χ3v) is 8.05. The van der Waals surface area contributed by atoms with Crippen LogP contribution in [0.3, 0.4) is 0 Å². The van der Waals surface area contributed by atoms with Gasteiger partial charge in [-0.05, 0) is 56.0 Å². The molecule has 1 saturated carbocycles. The summed E-state index contributed by atoms with van der Waals surface area (Å²) in [5.74, 6) is -2.66. The van der Waals surface area contributed by atoms with Gasteiger partial charge >= 0.3 is 5.97 Å².